The van der Waals surface area contributed by atoms with Gasteiger partial charge in [-0.2, -0.15) is 0 Å². The van der Waals surface area contributed by atoms with Crippen LogP contribution in [-0.2, 0) is 0 Å². The topological polar surface area (TPSA) is 13.1 Å². The third-order valence-electron chi connectivity index (χ3n) is 9.07. The van der Waals surface area contributed by atoms with Crippen molar-refractivity contribution < 1.29 is 4.42 Å². The predicted octanol–water partition coefficient (Wildman–Crippen LogP) is 12.0. The summed E-state index contributed by atoms with van der Waals surface area (Å²) in [6.45, 7) is 7.18. The van der Waals surface area contributed by atoms with Gasteiger partial charge in [-0.1, -0.05) is 146 Å². The van der Waals surface area contributed by atoms with Gasteiger partial charge in [-0.3, -0.25) is 0 Å². The molecule has 0 aliphatic rings. The highest BCUT2D eigenvalue weighted by Crippen LogP contribution is 2.34. The van der Waals surface area contributed by atoms with Crippen molar-refractivity contribution in [2.45, 2.75) is 19.6 Å². The first-order chi connectivity index (χ1) is 21.9. The van der Waals surface area contributed by atoms with Gasteiger partial charge in [0.15, 0.2) is 0 Å². The quantitative estimate of drug-likeness (QED) is 0.181. The number of rotatable bonds is 5. The lowest BCUT2D eigenvalue weighted by molar-refractivity contribution is 0.669. The number of hydrogen-bond donors (Lipinski definition) is 0. The van der Waals surface area contributed by atoms with E-state index in [-0.39, 0.29) is 0 Å². The van der Waals surface area contributed by atoms with Crippen LogP contribution in [0.25, 0.3) is 77.2 Å². The van der Waals surface area contributed by atoms with Crippen LogP contribution in [0.1, 0.15) is 0 Å². The fraction of sp³-hybridized carbons (Fsp3) is 0.0698. The normalized spacial score (nSPS) is 11.9. The number of para-hydroxylation sites is 1. The number of benzene rings is 7. The summed E-state index contributed by atoms with van der Waals surface area (Å²) in [6, 6.07) is 55.3. The molecule has 0 amide bonds. The smallest absolute Gasteiger partial charge is 0.135 e. The molecule has 0 radical (unpaired) electrons. The number of hydrogen-bond acceptors (Lipinski definition) is 1. The zero-order valence-electron chi connectivity index (χ0n) is 25.8. The molecule has 7 aromatic carbocycles. The second-order valence-corrected chi connectivity index (χ2v) is 18.1. The van der Waals surface area contributed by atoms with Crippen LogP contribution in [0, 0.1) is 0 Å². The van der Waals surface area contributed by atoms with Crippen molar-refractivity contribution in [3.8, 4) is 44.5 Å². The van der Waals surface area contributed by atoms with Crippen molar-refractivity contribution in [2.24, 2.45) is 0 Å². The number of fused-ring (bicyclic) bond motifs is 4. The molecule has 216 valence electrons. The minimum absolute atomic E-state index is 0.926. The summed E-state index contributed by atoms with van der Waals surface area (Å²) in [4.78, 5) is 0. The van der Waals surface area contributed by atoms with Gasteiger partial charge in [0.1, 0.15) is 11.2 Å². The minimum Gasteiger partial charge on any atom is -0.456 e. The Morgan fingerprint density at radius 2 is 0.778 bits per heavy atom. The maximum Gasteiger partial charge on any atom is 0.135 e. The zero-order valence-corrected chi connectivity index (χ0v) is 26.8. The van der Waals surface area contributed by atoms with E-state index in [4.69, 9.17) is 4.42 Å². The van der Waals surface area contributed by atoms with Gasteiger partial charge in [0.25, 0.3) is 0 Å². The van der Waals surface area contributed by atoms with Crippen LogP contribution in [0.15, 0.2) is 156 Å². The van der Waals surface area contributed by atoms with Crippen LogP contribution >= 0.6 is 0 Å². The fourth-order valence-corrected chi connectivity index (χ4v) is 7.55. The molecule has 0 bridgehead atoms. The molecular weight excluding hydrogens is 561 g/mol. The van der Waals surface area contributed by atoms with Crippen molar-refractivity contribution in [3.05, 3.63) is 152 Å². The molecule has 0 saturated carbocycles. The highest BCUT2D eigenvalue weighted by Gasteiger charge is 2.16. The van der Waals surface area contributed by atoms with Crippen molar-refractivity contribution in [3.63, 3.8) is 0 Å². The van der Waals surface area contributed by atoms with Gasteiger partial charge in [-0.05, 0) is 85.6 Å². The summed E-state index contributed by atoms with van der Waals surface area (Å²) in [5.74, 6) is 0. The zero-order chi connectivity index (χ0) is 30.5. The highest BCUT2D eigenvalue weighted by atomic mass is 28.3. The second kappa shape index (κ2) is 10.8. The molecule has 45 heavy (non-hydrogen) atoms. The minimum atomic E-state index is -1.29. The summed E-state index contributed by atoms with van der Waals surface area (Å²) < 4.78 is 6.03. The summed E-state index contributed by atoms with van der Waals surface area (Å²) in [7, 11) is -1.29. The maximum atomic E-state index is 6.03. The summed E-state index contributed by atoms with van der Waals surface area (Å²) in [6.07, 6.45) is 0. The Bertz CT molecular complexity index is 2320. The Hall–Kier alpha value is -5.18. The van der Waals surface area contributed by atoms with E-state index in [0.717, 1.165) is 21.9 Å². The van der Waals surface area contributed by atoms with Crippen LogP contribution in [-0.4, -0.2) is 8.07 Å². The Morgan fingerprint density at radius 3 is 1.33 bits per heavy atom. The third-order valence-corrected chi connectivity index (χ3v) is 11.1. The van der Waals surface area contributed by atoms with Crippen LogP contribution in [0.4, 0.5) is 0 Å². The predicted molar refractivity (Wildman–Crippen MR) is 196 cm³/mol. The molecule has 2 heteroatoms. The Labute approximate surface area is 265 Å². The summed E-state index contributed by atoms with van der Waals surface area (Å²) >= 11 is 0. The molecular formula is C43H34OSi. The largest absolute Gasteiger partial charge is 0.456 e. The second-order valence-electron chi connectivity index (χ2n) is 13.1. The molecule has 0 spiro atoms. The van der Waals surface area contributed by atoms with Gasteiger partial charge in [-0.25, -0.2) is 0 Å². The van der Waals surface area contributed by atoms with E-state index < -0.39 is 8.07 Å². The summed E-state index contributed by atoms with van der Waals surface area (Å²) in [5.41, 5.74) is 11.7. The van der Waals surface area contributed by atoms with E-state index in [1.807, 2.05) is 12.1 Å². The first kappa shape index (κ1) is 27.4. The lowest BCUT2D eigenvalue weighted by atomic mass is 9.95. The lowest BCUT2D eigenvalue weighted by Crippen LogP contribution is -2.37. The lowest BCUT2D eigenvalue weighted by Gasteiger charge is -2.16. The van der Waals surface area contributed by atoms with Crippen molar-refractivity contribution in [1.82, 2.24) is 0 Å². The van der Waals surface area contributed by atoms with Gasteiger partial charge in [0.05, 0.1) is 8.07 Å². The van der Waals surface area contributed by atoms with E-state index >= 15 is 0 Å². The third kappa shape index (κ3) is 5.18. The molecule has 1 aromatic heterocycles. The first-order valence-electron chi connectivity index (χ1n) is 15.7. The van der Waals surface area contributed by atoms with Gasteiger partial charge in [0, 0.05) is 10.8 Å². The van der Waals surface area contributed by atoms with Crippen LogP contribution in [0.3, 0.4) is 0 Å². The molecule has 8 rings (SSSR count). The van der Waals surface area contributed by atoms with E-state index in [0.29, 0.717) is 0 Å². The van der Waals surface area contributed by atoms with E-state index in [2.05, 4.69) is 159 Å². The monoisotopic (exact) mass is 594 g/mol. The van der Waals surface area contributed by atoms with Crippen molar-refractivity contribution >= 4 is 46.0 Å². The molecule has 0 saturated heterocycles. The SMILES string of the molecule is C[Si](C)(C)c1ccc(-c2ccc(-c3ccc4ccc(-c5ccc(-c6ccc7oc8ccccc8c7c6)cc5)cc4c3)cc2)cc1. The van der Waals surface area contributed by atoms with Crippen molar-refractivity contribution in [2.75, 3.05) is 0 Å². The van der Waals surface area contributed by atoms with E-state index in [1.165, 1.54) is 60.5 Å². The molecule has 0 N–H and O–H groups in total. The summed E-state index contributed by atoms with van der Waals surface area (Å²) in [5, 5.41) is 6.31. The molecule has 0 unspecified atom stereocenters. The standard InChI is InChI=1S/C43H34OSi/c1-45(2,3)39-23-20-30(21-24-39)29-8-10-31(11-9-29)35-18-16-34-17-19-36(27-38(34)26-35)32-12-14-33(15-13-32)37-22-25-43-41(28-37)40-6-4-5-7-42(40)44-43/h4-28H,1-3H3. The van der Waals surface area contributed by atoms with Gasteiger partial charge < -0.3 is 4.42 Å². The molecule has 0 fully saturated rings. The van der Waals surface area contributed by atoms with Crippen molar-refractivity contribution in [1.29, 1.82) is 0 Å². The Morgan fingerprint density at radius 1 is 0.356 bits per heavy atom. The fourth-order valence-electron chi connectivity index (χ4n) is 6.38. The molecule has 0 aliphatic carbocycles. The average molecular weight is 595 g/mol. The van der Waals surface area contributed by atoms with Crippen LogP contribution < -0.4 is 5.19 Å². The highest BCUT2D eigenvalue weighted by molar-refractivity contribution is 6.88. The van der Waals surface area contributed by atoms with E-state index in [9.17, 15) is 0 Å². The van der Waals surface area contributed by atoms with Crippen LogP contribution in [0.5, 0.6) is 0 Å². The van der Waals surface area contributed by atoms with Gasteiger partial charge in [0.2, 0.25) is 0 Å². The van der Waals surface area contributed by atoms with Gasteiger partial charge >= 0.3 is 0 Å². The Balaban J connectivity index is 1.06. The molecule has 0 aliphatic heterocycles. The molecule has 0 atom stereocenters. The molecule has 1 nitrogen and oxygen atoms in total. The molecule has 8 aromatic rings. The molecule has 1 heterocycles. The van der Waals surface area contributed by atoms with Gasteiger partial charge in [-0.15, -0.1) is 0 Å². The maximum absolute atomic E-state index is 6.03. The number of furan rings is 1. The first-order valence-corrected chi connectivity index (χ1v) is 19.2. The average Bonchev–Trinajstić information content (AvgIpc) is 3.46. The Kier molecular flexibility index (Phi) is 6.55. The van der Waals surface area contributed by atoms with E-state index in [1.54, 1.807) is 0 Å². The van der Waals surface area contributed by atoms with Crippen LogP contribution in [0.2, 0.25) is 19.6 Å².